The Morgan fingerprint density at radius 3 is 3.00 bits per heavy atom. The third-order valence-corrected chi connectivity index (χ3v) is 3.68. The van der Waals surface area contributed by atoms with Crippen molar-refractivity contribution in [3.63, 3.8) is 0 Å². The van der Waals surface area contributed by atoms with Gasteiger partial charge in [0.2, 0.25) is 5.91 Å². The van der Waals surface area contributed by atoms with Gasteiger partial charge in [0.05, 0.1) is 12.6 Å². The Morgan fingerprint density at radius 2 is 2.42 bits per heavy atom. The zero-order valence-corrected chi connectivity index (χ0v) is 12.0. The number of rotatable bonds is 4. The van der Waals surface area contributed by atoms with E-state index in [-0.39, 0.29) is 12.4 Å². The lowest BCUT2D eigenvalue weighted by atomic mass is 10.2. The molecule has 0 aliphatic carbocycles. The maximum atomic E-state index is 12.9. The van der Waals surface area contributed by atoms with Crippen molar-refractivity contribution in [2.24, 2.45) is 0 Å². The van der Waals surface area contributed by atoms with E-state index in [9.17, 15) is 13.6 Å². The minimum Gasteiger partial charge on any atom is -0.301 e. The molecule has 0 saturated carbocycles. The van der Waals surface area contributed by atoms with Crippen molar-refractivity contribution >= 4 is 34.8 Å². The van der Waals surface area contributed by atoms with Gasteiger partial charge in [-0.3, -0.25) is 10.1 Å². The predicted octanol–water partition coefficient (Wildman–Crippen LogP) is 2.45. The van der Waals surface area contributed by atoms with Crippen molar-refractivity contribution < 1.29 is 13.6 Å². The van der Waals surface area contributed by atoms with Crippen molar-refractivity contribution in [3.05, 3.63) is 11.1 Å². The normalized spacial score (nSPS) is 20.9. The largest absolute Gasteiger partial charge is 0.301 e. The summed E-state index contributed by atoms with van der Waals surface area (Å²) in [6.07, 6.45) is 3.17. The van der Waals surface area contributed by atoms with Gasteiger partial charge >= 0.3 is 0 Å². The maximum absolute atomic E-state index is 12.9. The zero-order valence-electron chi connectivity index (χ0n) is 10.4. The van der Waals surface area contributed by atoms with E-state index in [1.165, 1.54) is 11.3 Å². The Hall–Kier alpha value is -0.790. The van der Waals surface area contributed by atoms with Gasteiger partial charge in [0, 0.05) is 17.5 Å². The maximum Gasteiger partial charge on any atom is 0.262 e. The summed E-state index contributed by atoms with van der Waals surface area (Å²) in [6, 6.07) is -0.835. The van der Waals surface area contributed by atoms with Crippen LogP contribution in [0.3, 0.4) is 0 Å². The van der Waals surface area contributed by atoms with Crippen LogP contribution in [0.2, 0.25) is 0 Å². The Bertz CT molecular complexity index is 441. The summed E-state index contributed by atoms with van der Waals surface area (Å²) in [5.41, 5.74) is 0. The molecule has 19 heavy (non-hydrogen) atoms. The highest BCUT2D eigenvalue weighted by Gasteiger charge is 2.42. The lowest BCUT2D eigenvalue weighted by Gasteiger charge is -2.08. The molecule has 0 spiro atoms. The van der Waals surface area contributed by atoms with Gasteiger partial charge in [-0.15, -0.1) is 23.7 Å². The topological polar surface area (TPSA) is 54.0 Å². The SMILES string of the molecule is CCCc1cnc(NC(=O)C2CC(F)(F)CN2)s1.Cl. The highest BCUT2D eigenvalue weighted by atomic mass is 35.5. The first kappa shape index (κ1) is 16.3. The number of hydrogen-bond acceptors (Lipinski definition) is 4. The van der Waals surface area contributed by atoms with Crippen LogP contribution in [0.25, 0.3) is 0 Å². The molecule has 0 bridgehead atoms. The van der Waals surface area contributed by atoms with Gasteiger partial charge in [0.15, 0.2) is 5.13 Å². The Kier molecular flexibility index (Phi) is 5.64. The average molecular weight is 312 g/mol. The van der Waals surface area contributed by atoms with Crippen LogP contribution in [0.5, 0.6) is 0 Å². The Labute approximate surface area is 120 Å². The number of nitrogens with zero attached hydrogens (tertiary/aromatic N) is 1. The van der Waals surface area contributed by atoms with Crippen molar-refractivity contribution in [2.75, 3.05) is 11.9 Å². The molecule has 1 aromatic heterocycles. The molecule has 1 aliphatic rings. The lowest BCUT2D eigenvalue weighted by molar-refractivity contribution is -0.118. The van der Waals surface area contributed by atoms with Crippen LogP contribution in [-0.4, -0.2) is 29.4 Å². The van der Waals surface area contributed by atoms with E-state index in [2.05, 4.69) is 22.5 Å². The van der Waals surface area contributed by atoms with E-state index in [0.29, 0.717) is 5.13 Å². The summed E-state index contributed by atoms with van der Waals surface area (Å²) in [4.78, 5) is 16.9. The number of hydrogen-bond donors (Lipinski definition) is 2. The third-order valence-electron chi connectivity index (χ3n) is 2.71. The predicted molar refractivity (Wildman–Crippen MR) is 73.3 cm³/mol. The van der Waals surface area contributed by atoms with Gasteiger partial charge in [0.25, 0.3) is 5.92 Å². The summed E-state index contributed by atoms with van der Waals surface area (Å²) in [5.74, 6) is -3.23. The molecule has 2 N–H and O–H groups in total. The fourth-order valence-electron chi connectivity index (χ4n) is 1.82. The van der Waals surface area contributed by atoms with Gasteiger partial charge in [-0.05, 0) is 6.42 Å². The molecular weight excluding hydrogens is 296 g/mol. The highest BCUT2D eigenvalue weighted by Crippen LogP contribution is 2.26. The zero-order chi connectivity index (χ0) is 13.2. The minimum atomic E-state index is -2.79. The quantitative estimate of drug-likeness (QED) is 0.898. The number of anilines is 1. The number of carbonyl (C=O) groups is 1. The molecule has 1 atom stereocenters. The molecule has 8 heteroatoms. The van der Waals surface area contributed by atoms with E-state index in [0.717, 1.165) is 17.7 Å². The summed E-state index contributed by atoms with van der Waals surface area (Å²) in [6.45, 7) is 1.62. The number of amides is 1. The van der Waals surface area contributed by atoms with Gasteiger partial charge in [-0.25, -0.2) is 13.8 Å². The summed E-state index contributed by atoms with van der Waals surface area (Å²) in [7, 11) is 0. The van der Waals surface area contributed by atoms with Crippen molar-refractivity contribution in [2.45, 2.75) is 38.2 Å². The monoisotopic (exact) mass is 311 g/mol. The first-order chi connectivity index (χ1) is 8.50. The number of aromatic nitrogens is 1. The van der Waals surface area contributed by atoms with E-state index in [1.54, 1.807) is 6.20 Å². The molecule has 1 aliphatic heterocycles. The summed E-state index contributed by atoms with van der Waals surface area (Å²) in [5, 5.41) is 5.56. The standard InChI is InChI=1S/C11H15F2N3OS.ClH/c1-2-3-7-5-14-10(18-7)16-9(17)8-4-11(12,13)6-15-8;/h5,8,15H,2-4,6H2,1H3,(H,14,16,17);1H. The number of halogens is 3. The van der Waals surface area contributed by atoms with E-state index in [4.69, 9.17) is 0 Å². The summed E-state index contributed by atoms with van der Waals surface area (Å²) >= 11 is 1.39. The molecule has 1 amide bonds. The second-order valence-electron chi connectivity index (χ2n) is 4.36. The number of alkyl halides is 2. The average Bonchev–Trinajstić information content (AvgIpc) is 2.86. The van der Waals surface area contributed by atoms with Crippen molar-refractivity contribution in [1.29, 1.82) is 0 Å². The van der Waals surface area contributed by atoms with Crippen LogP contribution in [0.1, 0.15) is 24.6 Å². The smallest absolute Gasteiger partial charge is 0.262 e. The molecule has 1 aromatic rings. The van der Waals surface area contributed by atoms with Gasteiger partial charge in [-0.1, -0.05) is 13.3 Å². The fraction of sp³-hybridized carbons (Fsp3) is 0.636. The second-order valence-corrected chi connectivity index (χ2v) is 5.48. The van der Waals surface area contributed by atoms with Crippen LogP contribution in [-0.2, 0) is 11.2 Å². The third kappa shape index (κ3) is 4.36. The van der Waals surface area contributed by atoms with Crippen LogP contribution in [0.15, 0.2) is 6.20 Å². The van der Waals surface area contributed by atoms with Crippen LogP contribution >= 0.6 is 23.7 Å². The van der Waals surface area contributed by atoms with Crippen LogP contribution in [0, 0.1) is 0 Å². The molecular formula is C11H16ClF2N3OS. The molecule has 1 fully saturated rings. The Morgan fingerprint density at radius 1 is 1.68 bits per heavy atom. The second kappa shape index (κ2) is 6.58. The van der Waals surface area contributed by atoms with Crippen molar-refractivity contribution in [1.82, 2.24) is 10.3 Å². The molecule has 0 radical (unpaired) electrons. The molecule has 4 nitrogen and oxygen atoms in total. The van der Waals surface area contributed by atoms with Gasteiger partial charge in [-0.2, -0.15) is 0 Å². The Balaban J connectivity index is 0.00000180. The van der Waals surface area contributed by atoms with Crippen LogP contribution in [0.4, 0.5) is 13.9 Å². The molecule has 2 heterocycles. The molecule has 1 unspecified atom stereocenters. The van der Waals surface area contributed by atoms with Crippen LogP contribution < -0.4 is 10.6 Å². The molecule has 0 aromatic carbocycles. The molecule has 108 valence electrons. The number of aryl methyl sites for hydroxylation is 1. The highest BCUT2D eigenvalue weighted by molar-refractivity contribution is 7.15. The van der Waals surface area contributed by atoms with Gasteiger partial charge in [0.1, 0.15) is 0 Å². The first-order valence-electron chi connectivity index (χ1n) is 5.87. The van der Waals surface area contributed by atoms with E-state index < -0.39 is 30.8 Å². The van der Waals surface area contributed by atoms with E-state index in [1.807, 2.05) is 0 Å². The summed E-state index contributed by atoms with van der Waals surface area (Å²) < 4.78 is 25.9. The number of nitrogens with one attached hydrogen (secondary N) is 2. The number of thiazole rings is 1. The van der Waals surface area contributed by atoms with E-state index >= 15 is 0 Å². The lowest BCUT2D eigenvalue weighted by Crippen LogP contribution is -2.35. The van der Waals surface area contributed by atoms with Gasteiger partial charge < -0.3 is 5.32 Å². The minimum absolute atomic E-state index is 0. The first-order valence-corrected chi connectivity index (χ1v) is 6.68. The number of carbonyl (C=O) groups excluding carboxylic acids is 1. The fourth-order valence-corrected chi connectivity index (χ4v) is 2.74. The molecule has 2 rings (SSSR count). The van der Waals surface area contributed by atoms with Crippen molar-refractivity contribution in [3.8, 4) is 0 Å². The molecule has 1 saturated heterocycles.